The number of nitrogens with one attached hydrogen (secondary N) is 1. The van der Waals surface area contributed by atoms with Crippen molar-refractivity contribution < 1.29 is 0 Å². The van der Waals surface area contributed by atoms with Crippen molar-refractivity contribution in [2.75, 3.05) is 25.1 Å². The van der Waals surface area contributed by atoms with Gasteiger partial charge in [0.1, 0.15) is 0 Å². The Morgan fingerprint density at radius 1 is 1.82 bits per heavy atom. The highest BCUT2D eigenvalue weighted by molar-refractivity contribution is 8.01. The Morgan fingerprint density at radius 3 is 3.18 bits per heavy atom. The van der Waals surface area contributed by atoms with Crippen molar-refractivity contribution in [1.29, 1.82) is 0 Å². The van der Waals surface area contributed by atoms with Crippen molar-refractivity contribution in [2.45, 2.75) is 4.21 Å². The molecule has 0 saturated carbocycles. The molecule has 1 rings (SSSR count). The van der Waals surface area contributed by atoms with E-state index in [4.69, 9.17) is 5.73 Å². The molecule has 11 heavy (non-hydrogen) atoms. The van der Waals surface area contributed by atoms with E-state index < -0.39 is 0 Å². The number of nitrogens with zero attached hydrogens (tertiary/aromatic N) is 1. The van der Waals surface area contributed by atoms with Gasteiger partial charge in [0, 0.05) is 12.3 Å². The van der Waals surface area contributed by atoms with Crippen LogP contribution in [0.1, 0.15) is 0 Å². The Hall–Kier alpha value is -0.260. The number of nitrogen functional groups attached to an aromatic ring is 1. The summed E-state index contributed by atoms with van der Waals surface area (Å²) in [7, 11) is 1.95. The van der Waals surface area contributed by atoms with E-state index in [0.717, 1.165) is 12.3 Å². The molecule has 3 nitrogen and oxygen atoms in total. The summed E-state index contributed by atoms with van der Waals surface area (Å²) in [4.78, 5) is 3.95. The van der Waals surface area contributed by atoms with Gasteiger partial charge in [-0.3, -0.25) is 0 Å². The zero-order valence-corrected chi connectivity index (χ0v) is 7.97. The molecule has 0 aromatic carbocycles. The number of thiazole rings is 1. The first-order chi connectivity index (χ1) is 5.33. The van der Waals surface area contributed by atoms with Crippen LogP contribution >= 0.6 is 23.1 Å². The minimum Gasteiger partial charge on any atom is -0.375 e. The number of anilines is 1. The maximum absolute atomic E-state index is 5.46. The van der Waals surface area contributed by atoms with E-state index >= 15 is 0 Å². The van der Waals surface area contributed by atoms with E-state index in [9.17, 15) is 0 Å². The first-order valence-electron chi connectivity index (χ1n) is 3.31. The van der Waals surface area contributed by atoms with Gasteiger partial charge in [-0.15, -0.1) is 11.8 Å². The first-order valence-corrected chi connectivity index (χ1v) is 5.12. The van der Waals surface area contributed by atoms with Crippen molar-refractivity contribution in [2.24, 2.45) is 0 Å². The highest BCUT2D eigenvalue weighted by Gasteiger charge is 1.97. The van der Waals surface area contributed by atoms with Crippen LogP contribution in [-0.4, -0.2) is 24.3 Å². The Kier molecular flexibility index (Phi) is 3.68. The van der Waals surface area contributed by atoms with Crippen LogP contribution in [0.25, 0.3) is 0 Å². The van der Waals surface area contributed by atoms with Gasteiger partial charge in [0.15, 0.2) is 5.13 Å². The number of hydrogen-bond acceptors (Lipinski definition) is 5. The third-order valence-electron chi connectivity index (χ3n) is 1.10. The molecule has 0 fully saturated rings. The summed E-state index contributed by atoms with van der Waals surface area (Å²) >= 11 is 3.32. The standard InChI is InChI=1S/C6H11N3S2/c1-8-2-3-10-5-4-9-6(7)11-5/h4,8H,2-3H2,1H3,(H2,7,9). The quantitative estimate of drug-likeness (QED) is 0.549. The van der Waals surface area contributed by atoms with Gasteiger partial charge in [-0.25, -0.2) is 4.98 Å². The van der Waals surface area contributed by atoms with Crippen LogP contribution in [0.5, 0.6) is 0 Å². The number of aromatic nitrogens is 1. The van der Waals surface area contributed by atoms with Gasteiger partial charge in [0.2, 0.25) is 0 Å². The average Bonchev–Trinajstić information content (AvgIpc) is 2.37. The van der Waals surface area contributed by atoms with Crippen molar-refractivity contribution in [3.63, 3.8) is 0 Å². The largest absolute Gasteiger partial charge is 0.375 e. The molecule has 0 amide bonds. The van der Waals surface area contributed by atoms with Crippen molar-refractivity contribution in [3.05, 3.63) is 6.20 Å². The number of nitrogens with two attached hydrogens (primary N) is 1. The predicted molar refractivity (Wildman–Crippen MR) is 51.2 cm³/mol. The van der Waals surface area contributed by atoms with Crippen molar-refractivity contribution in [1.82, 2.24) is 10.3 Å². The summed E-state index contributed by atoms with van der Waals surface area (Å²) in [5.74, 6) is 1.07. The van der Waals surface area contributed by atoms with E-state index in [2.05, 4.69) is 10.3 Å². The Bertz CT molecular complexity index is 211. The van der Waals surface area contributed by atoms with Crippen LogP contribution in [0.15, 0.2) is 10.4 Å². The van der Waals surface area contributed by atoms with E-state index in [1.807, 2.05) is 13.2 Å². The SMILES string of the molecule is CNCCSc1cnc(N)s1. The predicted octanol–water partition coefficient (Wildman–Crippen LogP) is 1.04. The molecule has 3 N–H and O–H groups in total. The fraction of sp³-hybridized carbons (Fsp3) is 0.500. The molecule has 0 unspecified atom stereocenters. The summed E-state index contributed by atoms with van der Waals surface area (Å²) in [6, 6.07) is 0. The van der Waals surface area contributed by atoms with E-state index in [1.165, 1.54) is 4.21 Å². The van der Waals surface area contributed by atoms with Crippen LogP contribution in [0.2, 0.25) is 0 Å². The average molecular weight is 189 g/mol. The molecule has 1 heterocycles. The molecule has 0 aliphatic rings. The van der Waals surface area contributed by atoms with Gasteiger partial charge in [-0.2, -0.15) is 0 Å². The maximum atomic E-state index is 5.46. The van der Waals surface area contributed by atoms with E-state index in [-0.39, 0.29) is 0 Å². The normalized spacial score (nSPS) is 10.3. The monoisotopic (exact) mass is 189 g/mol. The second kappa shape index (κ2) is 4.58. The smallest absolute Gasteiger partial charge is 0.181 e. The highest BCUT2D eigenvalue weighted by atomic mass is 32.2. The lowest BCUT2D eigenvalue weighted by atomic mass is 10.8. The number of rotatable bonds is 4. The summed E-state index contributed by atoms with van der Waals surface area (Å²) < 4.78 is 1.19. The second-order valence-electron chi connectivity index (χ2n) is 1.97. The third-order valence-corrected chi connectivity index (χ3v) is 3.12. The molecule has 0 spiro atoms. The zero-order chi connectivity index (χ0) is 8.10. The van der Waals surface area contributed by atoms with Gasteiger partial charge in [0.25, 0.3) is 0 Å². The summed E-state index contributed by atoms with van der Waals surface area (Å²) in [6.07, 6.45) is 1.82. The molecule has 1 aromatic heterocycles. The molecular formula is C6H11N3S2. The number of hydrogen-bond donors (Lipinski definition) is 2. The summed E-state index contributed by atoms with van der Waals surface area (Å²) in [6.45, 7) is 1.02. The van der Waals surface area contributed by atoms with Gasteiger partial charge in [-0.05, 0) is 7.05 Å². The summed E-state index contributed by atoms with van der Waals surface area (Å²) in [5, 5.41) is 3.73. The van der Waals surface area contributed by atoms with Gasteiger partial charge < -0.3 is 11.1 Å². The zero-order valence-electron chi connectivity index (χ0n) is 6.33. The van der Waals surface area contributed by atoms with Gasteiger partial charge in [-0.1, -0.05) is 11.3 Å². The fourth-order valence-electron chi connectivity index (χ4n) is 0.593. The van der Waals surface area contributed by atoms with Crippen LogP contribution in [0, 0.1) is 0 Å². The molecule has 0 aliphatic heterocycles. The van der Waals surface area contributed by atoms with Gasteiger partial charge in [0.05, 0.1) is 10.4 Å². The Balaban J connectivity index is 2.27. The molecule has 0 bridgehead atoms. The third kappa shape index (κ3) is 3.09. The summed E-state index contributed by atoms with van der Waals surface area (Å²) in [5.41, 5.74) is 5.46. The van der Waals surface area contributed by atoms with Crippen LogP contribution in [0.4, 0.5) is 5.13 Å². The highest BCUT2D eigenvalue weighted by Crippen LogP contribution is 2.25. The molecule has 5 heteroatoms. The van der Waals surface area contributed by atoms with Crippen LogP contribution < -0.4 is 11.1 Å². The minimum absolute atomic E-state index is 0.650. The first kappa shape index (κ1) is 8.83. The lowest BCUT2D eigenvalue weighted by Gasteiger charge is -1.94. The molecule has 62 valence electrons. The number of thioether (sulfide) groups is 1. The molecule has 1 aromatic rings. The van der Waals surface area contributed by atoms with Crippen molar-refractivity contribution in [3.8, 4) is 0 Å². The molecule has 0 atom stereocenters. The maximum Gasteiger partial charge on any atom is 0.181 e. The second-order valence-corrected chi connectivity index (χ2v) is 4.43. The topological polar surface area (TPSA) is 50.9 Å². The lowest BCUT2D eigenvalue weighted by molar-refractivity contribution is 0.872. The van der Waals surface area contributed by atoms with Crippen LogP contribution in [0.3, 0.4) is 0 Å². The molecule has 0 saturated heterocycles. The molecule has 0 radical (unpaired) electrons. The van der Waals surface area contributed by atoms with E-state index in [0.29, 0.717) is 5.13 Å². The van der Waals surface area contributed by atoms with Gasteiger partial charge >= 0.3 is 0 Å². The fourth-order valence-corrected chi connectivity index (χ4v) is 2.39. The van der Waals surface area contributed by atoms with Crippen LogP contribution in [-0.2, 0) is 0 Å². The minimum atomic E-state index is 0.650. The lowest BCUT2D eigenvalue weighted by Crippen LogP contribution is -2.09. The Labute approximate surface area is 74.4 Å². The molecular weight excluding hydrogens is 178 g/mol. The molecule has 0 aliphatic carbocycles. The van der Waals surface area contributed by atoms with Crippen molar-refractivity contribution >= 4 is 28.2 Å². The Morgan fingerprint density at radius 2 is 2.64 bits per heavy atom. The van der Waals surface area contributed by atoms with E-state index in [1.54, 1.807) is 23.1 Å².